The van der Waals surface area contributed by atoms with E-state index < -0.39 is 0 Å². The first-order valence-electron chi connectivity index (χ1n) is 6.45. The van der Waals surface area contributed by atoms with E-state index >= 15 is 0 Å². The zero-order valence-electron chi connectivity index (χ0n) is 10.9. The van der Waals surface area contributed by atoms with Gasteiger partial charge in [0.15, 0.2) is 0 Å². The molecule has 98 valence electrons. The smallest absolute Gasteiger partial charge is 0.143 e. The Morgan fingerprint density at radius 2 is 1.90 bits per heavy atom. The minimum absolute atomic E-state index is 0.426. The first-order chi connectivity index (χ1) is 9.93. The van der Waals surface area contributed by atoms with Gasteiger partial charge in [0.25, 0.3) is 0 Å². The van der Waals surface area contributed by atoms with E-state index in [1.165, 1.54) is 10.8 Å². The van der Waals surface area contributed by atoms with Crippen LogP contribution < -0.4 is 0 Å². The molecule has 1 aromatic heterocycles. The number of pyridine rings is 1. The van der Waals surface area contributed by atoms with Crippen LogP contribution in [-0.2, 0) is 11.4 Å². The summed E-state index contributed by atoms with van der Waals surface area (Å²) >= 11 is 0. The van der Waals surface area contributed by atoms with Gasteiger partial charge in [-0.1, -0.05) is 53.7 Å². The standard InChI is InChI=1S/C17H14N2O/c1-2-9-17-15(6-1)7-3-8-16(17)12-19-20-13-14-5-4-10-18-11-14/h1-12H,13H2/b19-12+. The van der Waals surface area contributed by atoms with Crippen LogP contribution in [0.1, 0.15) is 11.1 Å². The van der Waals surface area contributed by atoms with Gasteiger partial charge in [0.1, 0.15) is 6.61 Å². The monoisotopic (exact) mass is 262 g/mol. The van der Waals surface area contributed by atoms with E-state index in [0.717, 1.165) is 11.1 Å². The highest BCUT2D eigenvalue weighted by Gasteiger charge is 1.97. The minimum Gasteiger partial charge on any atom is -0.391 e. The fraction of sp³-hybridized carbons (Fsp3) is 0.0588. The first kappa shape index (κ1) is 12.4. The first-order valence-corrected chi connectivity index (χ1v) is 6.45. The number of nitrogens with zero attached hydrogens (tertiary/aromatic N) is 2. The number of hydrogen-bond donors (Lipinski definition) is 0. The predicted octanol–water partition coefficient (Wildman–Crippen LogP) is 3.79. The van der Waals surface area contributed by atoms with Crippen LogP contribution >= 0.6 is 0 Å². The van der Waals surface area contributed by atoms with Gasteiger partial charge >= 0.3 is 0 Å². The molecule has 3 rings (SSSR count). The van der Waals surface area contributed by atoms with Crippen molar-refractivity contribution in [2.24, 2.45) is 5.16 Å². The second kappa shape index (κ2) is 5.97. The summed E-state index contributed by atoms with van der Waals surface area (Å²) in [7, 11) is 0. The van der Waals surface area contributed by atoms with E-state index in [2.05, 4.69) is 28.3 Å². The molecular weight excluding hydrogens is 248 g/mol. The molecule has 0 radical (unpaired) electrons. The average Bonchev–Trinajstić information content (AvgIpc) is 2.53. The summed E-state index contributed by atoms with van der Waals surface area (Å²) in [6.45, 7) is 0.426. The van der Waals surface area contributed by atoms with Gasteiger partial charge < -0.3 is 4.84 Å². The van der Waals surface area contributed by atoms with Gasteiger partial charge in [-0.3, -0.25) is 4.98 Å². The van der Waals surface area contributed by atoms with E-state index in [-0.39, 0.29) is 0 Å². The summed E-state index contributed by atoms with van der Waals surface area (Å²) in [6, 6.07) is 18.2. The predicted molar refractivity (Wildman–Crippen MR) is 80.6 cm³/mol. The largest absolute Gasteiger partial charge is 0.391 e. The van der Waals surface area contributed by atoms with Crippen LogP contribution in [0.5, 0.6) is 0 Å². The van der Waals surface area contributed by atoms with E-state index in [1.54, 1.807) is 18.6 Å². The molecule has 0 bridgehead atoms. The minimum atomic E-state index is 0.426. The molecule has 0 spiro atoms. The SMILES string of the molecule is C(=N\OCc1cccnc1)/c1cccc2ccccc12. The van der Waals surface area contributed by atoms with Crippen LogP contribution in [0, 0.1) is 0 Å². The Labute approximate surface area is 117 Å². The highest BCUT2D eigenvalue weighted by molar-refractivity contribution is 5.99. The molecular formula is C17H14N2O. The Morgan fingerprint density at radius 3 is 2.80 bits per heavy atom. The Balaban J connectivity index is 1.72. The van der Waals surface area contributed by atoms with Crippen molar-refractivity contribution in [2.45, 2.75) is 6.61 Å². The lowest BCUT2D eigenvalue weighted by Gasteiger charge is -2.01. The third-order valence-electron chi connectivity index (χ3n) is 3.04. The van der Waals surface area contributed by atoms with Crippen LogP contribution in [0.3, 0.4) is 0 Å². The second-order valence-corrected chi connectivity index (χ2v) is 4.44. The zero-order valence-corrected chi connectivity index (χ0v) is 10.9. The van der Waals surface area contributed by atoms with Crippen molar-refractivity contribution in [3.8, 4) is 0 Å². The molecule has 0 unspecified atom stereocenters. The summed E-state index contributed by atoms with van der Waals surface area (Å²) in [5.74, 6) is 0. The van der Waals surface area contributed by atoms with Gasteiger partial charge in [0.2, 0.25) is 0 Å². The number of hydrogen-bond acceptors (Lipinski definition) is 3. The molecule has 0 saturated heterocycles. The summed E-state index contributed by atoms with van der Waals surface area (Å²) in [4.78, 5) is 9.33. The van der Waals surface area contributed by atoms with Crippen LogP contribution in [0.4, 0.5) is 0 Å². The summed E-state index contributed by atoms with van der Waals surface area (Å²) in [5.41, 5.74) is 2.05. The summed E-state index contributed by atoms with van der Waals surface area (Å²) < 4.78 is 0. The maximum absolute atomic E-state index is 5.30. The van der Waals surface area contributed by atoms with Gasteiger partial charge in [-0.05, 0) is 16.8 Å². The number of aromatic nitrogens is 1. The zero-order chi connectivity index (χ0) is 13.6. The van der Waals surface area contributed by atoms with Crippen molar-refractivity contribution in [3.05, 3.63) is 78.1 Å². The topological polar surface area (TPSA) is 34.5 Å². The van der Waals surface area contributed by atoms with Crippen molar-refractivity contribution in [3.63, 3.8) is 0 Å². The normalized spacial score (nSPS) is 11.0. The van der Waals surface area contributed by atoms with Crippen molar-refractivity contribution in [1.29, 1.82) is 0 Å². The number of rotatable bonds is 4. The number of oxime groups is 1. The van der Waals surface area contributed by atoms with E-state index in [0.29, 0.717) is 6.61 Å². The Morgan fingerprint density at radius 1 is 1.00 bits per heavy atom. The van der Waals surface area contributed by atoms with E-state index in [4.69, 9.17) is 4.84 Å². The summed E-state index contributed by atoms with van der Waals surface area (Å²) in [6.07, 6.45) is 5.26. The van der Waals surface area contributed by atoms with Gasteiger partial charge in [0, 0.05) is 23.5 Å². The summed E-state index contributed by atoms with van der Waals surface area (Å²) in [5, 5.41) is 6.40. The highest BCUT2D eigenvalue weighted by atomic mass is 16.6. The molecule has 3 heteroatoms. The van der Waals surface area contributed by atoms with Crippen LogP contribution in [0.2, 0.25) is 0 Å². The van der Waals surface area contributed by atoms with Gasteiger partial charge in [-0.25, -0.2) is 0 Å². The molecule has 0 N–H and O–H groups in total. The second-order valence-electron chi connectivity index (χ2n) is 4.44. The number of benzene rings is 2. The highest BCUT2D eigenvalue weighted by Crippen LogP contribution is 2.16. The third-order valence-corrected chi connectivity index (χ3v) is 3.04. The third kappa shape index (κ3) is 2.83. The van der Waals surface area contributed by atoms with Crippen molar-refractivity contribution < 1.29 is 4.84 Å². The molecule has 0 amide bonds. The van der Waals surface area contributed by atoms with Gasteiger partial charge in [-0.15, -0.1) is 0 Å². The lowest BCUT2D eigenvalue weighted by molar-refractivity contribution is 0.132. The molecule has 0 atom stereocenters. The van der Waals surface area contributed by atoms with Crippen LogP contribution in [0.25, 0.3) is 10.8 Å². The van der Waals surface area contributed by atoms with Crippen molar-refractivity contribution in [1.82, 2.24) is 4.98 Å². The molecule has 0 aliphatic heterocycles. The molecule has 1 heterocycles. The maximum atomic E-state index is 5.30. The maximum Gasteiger partial charge on any atom is 0.143 e. The molecule has 3 nitrogen and oxygen atoms in total. The van der Waals surface area contributed by atoms with E-state index in [1.807, 2.05) is 36.4 Å². The number of fused-ring (bicyclic) bond motifs is 1. The Bertz CT molecular complexity index is 718. The van der Waals surface area contributed by atoms with Crippen molar-refractivity contribution >= 4 is 17.0 Å². The molecule has 0 aliphatic carbocycles. The molecule has 0 fully saturated rings. The Hall–Kier alpha value is -2.68. The molecule has 20 heavy (non-hydrogen) atoms. The van der Waals surface area contributed by atoms with Gasteiger partial charge in [0.05, 0.1) is 6.21 Å². The molecule has 2 aromatic carbocycles. The molecule has 0 aliphatic rings. The molecule has 0 saturated carbocycles. The van der Waals surface area contributed by atoms with Crippen LogP contribution in [0.15, 0.2) is 72.1 Å². The average molecular weight is 262 g/mol. The fourth-order valence-corrected chi connectivity index (χ4v) is 2.05. The van der Waals surface area contributed by atoms with Crippen LogP contribution in [-0.4, -0.2) is 11.2 Å². The Kier molecular flexibility index (Phi) is 3.69. The lowest BCUT2D eigenvalue weighted by atomic mass is 10.1. The van der Waals surface area contributed by atoms with E-state index in [9.17, 15) is 0 Å². The lowest BCUT2D eigenvalue weighted by Crippen LogP contribution is -1.89. The van der Waals surface area contributed by atoms with Crippen molar-refractivity contribution in [2.75, 3.05) is 0 Å². The quantitative estimate of drug-likeness (QED) is 0.529. The van der Waals surface area contributed by atoms with Gasteiger partial charge in [-0.2, -0.15) is 0 Å². The fourth-order valence-electron chi connectivity index (χ4n) is 2.05. The molecule has 3 aromatic rings.